The van der Waals surface area contributed by atoms with E-state index < -0.39 is 0 Å². The van der Waals surface area contributed by atoms with Crippen LogP contribution in [0.5, 0.6) is 0 Å². The second-order valence-electron chi connectivity index (χ2n) is 6.58. The van der Waals surface area contributed by atoms with Crippen molar-refractivity contribution in [3.8, 4) is 17.3 Å². The SMILES string of the molecule is Cc1ccccc1-c1ccc(N2CCN(c3ccc(C#N)nc3)CC2)nn1. The Morgan fingerprint density at radius 1 is 0.889 bits per heavy atom. The van der Waals surface area contributed by atoms with Crippen molar-refractivity contribution in [3.05, 3.63) is 66.0 Å². The number of aryl methyl sites for hydroxylation is 1. The third-order valence-electron chi connectivity index (χ3n) is 4.90. The molecule has 0 saturated carbocycles. The molecule has 6 nitrogen and oxygen atoms in total. The van der Waals surface area contributed by atoms with Crippen LogP contribution in [0.2, 0.25) is 0 Å². The van der Waals surface area contributed by atoms with E-state index in [0.29, 0.717) is 5.69 Å². The molecule has 2 aromatic heterocycles. The molecule has 3 heterocycles. The molecule has 0 bridgehead atoms. The number of hydrogen-bond donors (Lipinski definition) is 0. The average molecular weight is 356 g/mol. The first-order chi connectivity index (χ1) is 13.2. The maximum atomic E-state index is 8.86. The maximum absolute atomic E-state index is 8.86. The molecule has 0 N–H and O–H groups in total. The zero-order valence-corrected chi connectivity index (χ0v) is 15.2. The van der Waals surface area contributed by atoms with Gasteiger partial charge in [0.15, 0.2) is 5.82 Å². The minimum absolute atomic E-state index is 0.446. The number of nitriles is 1. The molecule has 6 heteroatoms. The van der Waals surface area contributed by atoms with E-state index in [1.165, 1.54) is 5.56 Å². The second kappa shape index (κ2) is 7.42. The fourth-order valence-electron chi connectivity index (χ4n) is 3.33. The highest BCUT2D eigenvalue weighted by atomic mass is 15.3. The Morgan fingerprint density at radius 3 is 2.30 bits per heavy atom. The summed E-state index contributed by atoms with van der Waals surface area (Å²) in [6, 6.07) is 18.1. The summed E-state index contributed by atoms with van der Waals surface area (Å²) < 4.78 is 0. The van der Waals surface area contributed by atoms with Gasteiger partial charge in [0.05, 0.1) is 17.6 Å². The maximum Gasteiger partial charge on any atom is 0.151 e. The molecule has 1 aliphatic rings. The van der Waals surface area contributed by atoms with Crippen molar-refractivity contribution < 1.29 is 0 Å². The topological polar surface area (TPSA) is 68.9 Å². The summed E-state index contributed by atoms with van der Waals surface area (Å²) in [5, 5.41) is 17.7. The summed E-state index contributed by atoms with van der Waals surface area (Å²) in [5.74, 6) is 0.907. The summed E-state index contributed by atoms with van der Waals surface area (Å²) in [4.78, 5) is 8.69. The number of pyridine rings is 1. The van der Waals surface area contributed by atoms with Crippen LogP contribution in [0, 0.1) is 18.3 Å². The molecule has 1 fully saturated rings. The van der Waals surface area contributed by atoms with E-state index in [1.807, 2.05) is 30.3 Å². The first-order valence-corrected chi connectivity index (χ1v) is 9.00. The fraction of sp³-hybridized carbons (Fsp3) is 0.238. The van der Waals surface area contributed by atoms with Gasteiger partial charge < -0.3 is 9.80 Å². The molecule has 0 aliphatic carbocycles. The van der Waals surface area contributed by atoms with Gasteiger partial charge in [-0.3, -0.25) is 0 Å². The highest BCUT2D eigenvalue weighted by Gasteiger charge is 2.19. The molecule has 0 unspecified atom stereocenters. The van der Waals surface area contributed by atoms with Crippen molar-refractivity contribution in [2.24, 2.45) is 0 Å². The van der Waals surface area contributed by atoms with Gasteiger partial charge in [-0.2, -0.15) is 5.26 Å². The molecule has 0 radical (unpaired) electrons. The monoisotopic (exact) mass is 356 g/mol. The van der Waals surface area contributed by atoms with Gasteiger partial charge in [-0.15, -0.1) is 10.2 Å². The van der Waals surface area contributed by atoms with Crippen molar-refractivity contribution in [1.82, 2.24) is 15.2 Å². The van der Waals surface area contributed by atoms with Crippen LogP contribution >= 0.6 is 0 Å². The summed E-state index contributed by atoms with van der Waals surface area (Å²) in [5.41, 5.74) is 4.72. The van der Waals surface area contributed by atoms with Gasteiger partial charge in [0, 0.05) is 31.7 Å². The van der Waals surface area contributed by atoms with Gasteiger partial charge in [0.2, 0.25) is 0 Å². The normalized spacial score (nSPS) is 14.1. The van der Waals surface area contributed by atoms with Crippen molar-refractivity contribution in [1.29, 1.82) is 5.26 Å². The summed E-state index contributed by atoms with van der Waals surface area (Å²) in [7, 11) is 0. The van der Waals surface area contributed by atoms with Crippen LogP contribution in [-0.2, 0) is 0 Å². The molecule has 4 rings (SSSR count). The van der Waals surface area contributed by atoms with Crippen LogP contribution in [0.1, 0.15) is 11.3 Å². The Hall–Kier alpha value is -3.46. The molecule has 0 atom stereocenters. The molecule has 27 heavy (non-hydrogen) atoms. The molecular formula is C21H20N6. The van der Waals surface area contributed by atoms with Crippen molar-refractivity contribution in [3.63, 3.8) is 0 Å². The summed E-state index contributed by atoms with van der Waals surface area (Å²) >= 11 is 0. The number of benzene rings is 1. The number of piperazine rings is 1. The van der Waals surface area contributed by atoms with E-state index in [0.717, 1.165) is 48.9 Å². The third kappa shape index (κ3) is 3.58. The van der Waals surface area contributed by atoms with Crippen molar-refractivity contribution in [2.75, 3.05) is 36.0 Å². The lowest BCUT2D eigenvalue weighted by Crippen LogP contribution is -2.46. The lowest BCUT2D eigenvalue weighted by molar-refractivity contribution is 0.643. The zero-order valence-electron chi connectivity index (χ0n) is 15.2. The molecule has 1 saturated heterocycles. The van der Waals surface area contributed by atoms with Crippen LogP contribution in [0.25, 0.3) is 11.3 Å². The molecule has 0 amide bonds. The molecule has 0 spiro atoms. The van der Waals surface area contributed by atoms with Gasteiger partial charge in [-0.25, -0.2) is 4.98 Å². The van der Waals surface area contributed by atoms with E-state index in [9.17, 15) is 0 Å². The predicted octanol–water partition coefficient (Wildman–Crippen LogP) is 3.05. The number of rotatable bonds is 3. The van der Waals surface area contributed by atoms with E-state index in [1.54, 1.807) is 12.3 Å². The Balaban J connectivity index is 1.42. The Morgan fingerprint density at radius 2 is 1.67 bits per heavy atom. The largest absolute Gasteiger partial charge is 0.367 e. The average Bonchev–Trinajstić information content (AvgIpc) is 2.74. The van der Waals surface area contributed by atoms with Gasteiger partial charge in [0.25, 0.3) is 0 Å². The Labute approximate surface area is 158 Å². The Bertz CT molecular complexity index is 951. The second-order valence-corrected chi connectivity index (χ2v) is 6.58. The third-order valence-corrected chi connectivity index (χ3v) is 4.90. The summed E-state index contributed by atoms with van der Waals surface area (Å²) in [6.45, 7) is 5.60. The van der Waals surface area contributed by atoms with Gasteiger partial charge >= 0.3 is 0 Å². The van der Waals surface area contributed by atoms with Crippen molar-refractivity contribution in [2.45, 2.75) is 6.92 Å². The van der Waals surface area contributed by atoms with Gasteiger partial charge in [0.1, 0.15) is 11.8 Å². The lowest BCUT2D eigenvalue weighted by atomic mass is 10.1. The van der Waals surface area contributed by atoms with Crippen LogP contribution in [0.15, 0.2) is 54.7 Å². The van der Waals surface area contributed by atoms with Gasteiger partial charge in [-0.05, 0) is 36.8 Å². The summed E-state index contributed by atoms with van der Waals surface area (Å²) in [6.07, 6.45) is 1.77. The minimum Gasteiger partial charge on any atom is -0.367 e. The zero-order chi connectivity index (χ0) is 18.6. The highest BCUT2D eigenvalue weighted by Crippen LogP contribution is 2.23. The van der Waals surface area contributed by atoms with Crippen molar-refractivity contribution >= 4 is 11.5 Å². The van der Waals surface area contributed by atoms with E-state index in [2.05, 4.69) is 50.1 Å². The molecule has 1 aromatic carbocycles. The minimum atomic E-state index is 0.446. The fourth-order valence-corrected chi connectivity index (χ4v) is 3.33. The number of nitrogens with zero attached hydrogens (tertiary/aromatic N) is 6. The molecule has 3 aromatic rings. The molecule has 134 valence electrons. The van der Waals surface area contributed by atoms with E-state index in [-0.39, 0.29) is 0 Å². The van der Waals surface area contributed by atoms with E-state index >= 15 is 0 Å². The van der Waals surface area contributed by atoms with Gasteiger partial charge in [-0.1, -0.05) is 24.3 Å². The first kappa shape index (κ1) is 17.0. The Kier molecular flexibility index (Phi) is 4.67. The van der Waals surface area contributed by atoms with Crippen LogP contribution in [0.4, 0.5) is 11.5 Å². The first-order valence-electron chi connectivity index (χ1n) is 9.00. The van der Waals surface area contributed by atoms with Crippen LogP contribution in [-0.4, -0.2) is 41.4 Å². The highest BCUT2D eigenvalue weighted by molar-refractivity contribution is 5.63. The van der Waals surface area contributed by atoms with E-state index in [4.69, 9.17) is 5.26 Å². The van der Waals surface area contributed by atoms with Crippen LogP contribution in [0.3, 0.4) is 0 Å². The lowest BCUT2D eigenvalue weighted by Gasteiger charge is -2.36. The van der Waals surface area contributed by atoms with Crippen LogP contribution < -0.4 is 9.80 Å². The number of aromatic nitrogens is 3. The predicted molar refractivity (Wildman–Crippen MR) is 106 cm³/mol. The quantitative estimate of drug-likeness (QED) is 0.718. The standard InChI is InChI=1S/C21H20N6/c1-16-4-2-3-5-19(16)20-8-9-21(25-24-20)27-12-10-26(11-13-27)18-7-6-17(14-22)23-15-18/h2-9,15H,10-13H2,1H3. The smallest absolute Gasteiger partial charge is 0.151 e. The number of anilines is 2. The molecule has 1 aliphatic heterocycles. The molecular weight excluding hydrogens is 336 g/mol. The number of hydrogen-bond acceptors (Lipinski definition) is 6.